The van der Waals surface area contributed by atoms with Gasteiger partial charge in [0, 0.05) is 26.2 Å². The number of alkyl carbamates (subject to hydrolysis) is 1. The van der Waals surface area contributed by atoms with Crippen molar-refractivity contribution in [3.8, 4) is 0 Å². The van der Waals surface area contributed by atoms with Crippen LogP contribution in [-0.4, -0.2) is 79.5 Å². The smallest absolute Gasteiger partial charge is 0.409 e. The highest BCUT2D eigenvalue weighted by Gasteiger charge is 2.33. The summed E-state index contributed by atoms with van der Waals surface area (Å²) in [5.41, 5.74) is -0.281. The monoisotopic (exact) mass is 527 g/mol. The minimum Gasteiger partial charge on any atom is -0.450 e. The van der Waals surface area contributed by atoms with Crippen LogP contribution in [0.3, 0.4) is 0 Å². The van der Waals surface area contributed by atoms with Crippen molar-refractivity contribution < 1.29 is 37.5 Å². The van der Waals surface area contributed by atoms with Crippen LogP contribution in [0, 0.1) is 0 Å². The van der Waals surface area contributed by atoms with Gasteiger partial charge in [0.15, 0.2) is 0 Å². The summed E-state index contributed by atoms with van der Waals surface area (Å²) in [5.74, 6) is -0.352. The summed E-state index contributed by atoms with van der Waals surface area (Å²) in [6.45, 7) is 12.2. The minimum absolute atomic E-state index is 0.206. The number of carbonyl (C=O) groups excluding carboxylic acids is 3. The zero-order valence-electron chi connectivity index (χ0n) is 21.9. The quantitative estimate of drug-likeness (QED) is 0.485. The molecule has 202 valence electrons. The lowest BCUT2D eigenvalue weighted by Crippen LogP contribution is -2.53. The molecule has 0 saturated carbocycles. The van der Waals surface area contributed by atoms with E-state index in [0.717, 1.165) is 0 Å². The number of piperazine rings is 1. The first-order chi connectivity index (χ1) is 16.9. The molecule has 36 heavy (non-hydrogen) atoms. The van der Waals surface area contributed by atoms with E-state index >= 15 is 0 Å². The highest BCUT2D eigenvalue weighted by Crippen LogP contribution is 2.46. The Hall–Kier alpha value is -2.62. The van der Waals surface area contributed by atoms with E-state index in [-0.39, 0.29) is 38.8 Å². The molecule has 1 unspecified atom stereocenters. The molecule has 2 rings (SSSR count). The molecule has 3 amide bonds. The Morgan fingerprint density at radius 2 is 1.44 bits per heavy atom. The van der Waals surface area contributed by atoms with Gasteiger partial charge in [-0.25, -0.2) is 9.59 Å². The van der Waals surface area contributed by atoms with Gasteiger partial charge in [-0.2, -0.15) is 0 Å². The number of nitrogens with zero attached hydrogens (tertiary/aromatic N) is 2. The predicted molar refractivity (Wildman–Crippen MR) is 134 cm³/mol. The van der Waals surface area contributed by atoms with E-state index in [2.05, 4.69) is 5.32 Å². The number of nitrogens with one attached hydrogen (secondary N) is 1. The number of carbonyl (C=O) groups is 3. The van der Waals surface area contributed by atoms with E-state index in [4.69, 9.17) is 18.5 Å². The van der Waals surface area contributed by atoms with Crippen molar-refractivity contribution in [2.45, 2.75) is 53.2 Å². The Kier molecular flexibility index (Phi) is 10.8. The molecule has 0 aliphatic carbocycles. The highest BCUT2D eigenvalue weighted by molar-refractivity contribution is 7.62. The van der Waals surface area contributed by atoms with Crippen LogP contribution in [0.2, 0.25) is 0 Å². The third-order valence-electron chi connectivity index (χ3n) is 5.17. The van der Waals surface area contributed by atoms with Gasteiger partial charge >= 0.3 is 19.8 Å². The molecule has 1 aliphatic heterocycles. The highest BCUT2D eigenvalue weighted by atomic mass is 31.2. The molecule has 1 aromatic rings. The maximum Gasteiger partial charge on any atom is 0.409 e. The molecule has 1 N–H and O–H groups in total. The largest absolute Gasteiger partial charge is 0.450 e. The van der Waals surface area contributed by atoms with E-state index in [0.29, 0.717) is 24.0 Å². The molecule has 1 fully saturated rings. The van der Waals surface area contributed by atoms with Gasteiger partial charge < -0.3 is 33.6 Å². The number of rotatable bonds is 9. The Balaban J connectivity index is 2.27. The summed E-state index contributed by atoms with van der Waals surface area (Å²) < 4.78 is 34.3. The molecule has 0 bridgehead atoms. The maximum atomic E-state index is 13.5. The normalized spacial score (nSPS) is 15.3. The number of ether oxygens (including phenoxy) is 2. The Bertz CT molecular complexity index is 930. The van der Waals surface area contributed by atoms with Crippen molar-refractivity contribution >= 4 is 31.0 Å². The molecule has 0 spiro atoms. The van der Waals surface area contributed by atoms with Crippen LogP contribution in [0.4, 0.5) is 9.59 Å². The van der Waals surface area contributed by atoms with Crippen molar-refractivity contribution in [3.05, 3.63) is 29.8 Å². The van der Waals surface area contributed by atoms with Crippen LogP contribution in [0.5, 0.6) is 0 Å². The maximum absolute atomic E-state index is 13.5. The lowest BCUT2D eigenvalue weighted by Gasteiger charge is -2.36. The van der Waals surface area contributed by atoms with Crippen molar-refractivity contribution in [2.75, 3.05) is 46.0 Å². The van der Waals surface area contributed by atoms with Gasteiger partial charge in [-0.3, -0.25) is 9.36 Å². The Morgan fingerprint density at radius 3 is 1.92 bits per heavy atom. The minimum atomic E-state index is -3.51. The van der Waals surface area contributed by atoms with Gasteiger partial charge in [-0.05, 0) is 59.2 Å². The molecule has 1 atom stereocenters. The third-order valence-corrected chi connectivity index (χ3v) is 7.29. The van der Waals surface area contributed by atoms with Crippen molar-refractivity contribution in [2.24, 2.45) is 0 Å². The first-order valence-electron chi connectivity index (χ1n) is 12.1. The van der Waals surface area contributed by atoms with E-state index in [9.17, 15) is 18.9 Å². The second-order valence-electron chi connectivity index (χ2n) is 9.02. The van der Waals surface area contributed by atoms with Gasteiger partial charge in [-0.15, -0.1) is 0 Å². The topological polar surface area (TPSA) is 124 Å². The molecule has 1 heterocycles. The predicted octanol–water partition coefficient (Wildman–Crippen LogP) is 3.44. The summed E-state index contributed by atoms with van der Waals surface area (Å²) in [5, 5.41) is 3.01. The molecular weight excluding hydrogens is 489 g/mol. The third kappa shape index (κ3) is 8.21. The van der Waals surface area contributed by atoms with Crippen molar-refractivity contribution in [1.29, 1.82) is 0 Å². The molecule has 1 aliphatic rings. The lowest BCUT2D eigenvalue weighted by molar-refractivity contribution is -0.135. The van der Waals surface area contributed by atoms with Gasteiger partial charge in [0.1, 0.15) is 11.6 Å². The average molecular weight is 528 g/mol. The van der Waals surface area contributed by atoms with Gasteiger partial charge in [-0.1, -0.05) is 12.1 Å². The van der Waals surface area contributed by atoms with Crippen LogP contribution in [0.25, 0.3) is 0 Å². The van der Waals surface area contributed by atoms with E-state index < -0.39 is 31.4 Å². The Labute approximate surface area is 212 Å². The van der Waals surface area contributed by atoms with Gasteiger partial charge in [0.05, 0.1) is 25.1 Å². The second-order valence-corrected chi connectivity index (χ2v) is 11.0. The first kappa shape index (κ1) is 29.6. The molecule has 12 heteroatoms. The number of hydrogen-bond donors (Lipinski definition) is 1. The van der Waals surface area contributed by atoms with Gasteiger partial charge in [0.25, 0.3) is 0 Å². The zero-order valence-corrected chi connectivity index (χ0v) is 22.8. The summed E-state index contributed by atoms with van der Waals surface area (Å²) in [6.07, 6.45) is -1.17. The first-order valence-corrected chi connectivity index (χ1v) is 13.7. The lowest BCUT2D eigenvalue weighted by atomic mass is 10.1. The summed E-state index contributed by atoms with van der Waals surface area (Å²) in [4.78, 5) is 41.2. The number of benzene rings is 1. The molecule has 1 saturated heterocycles. The SMILES string of the molecule is CCOC(=O)N1CCN(C(=O)C(NC(=O)OC(C)(C)C)c2ccc(P(=O)(OCC)OCC)cc2)CC1. The molecular formula is C24H38N3O8P. The summed E-state index contributed by atoms with van der Waals surface area (Å²) in [7, 11) is -3.51. The Morgan fingerprint density at radius 1 is 0.917 bits per heavy atom. The van der Waals surface area contributed by atoms with E-state index in [1.807, 2.05) is 0 Å². The van der Waals surface area contributed by atoms with E-state index in [1.54, 1.807) is 70.7 Å². The van der Waals surface area contributed by atoms with Crippen LogP contribution in [0.15, 0.2) is 24.3 Å². The van der Waals surface area contributed by atoms with Crippen molar-refractivity contribution in [3.63, 3.8) is 0 Å². The molecule has 11 nitrogen and oxygen atoms in total. The average Bonchev–Trinajstić information content (AvgIpc) is 2.82. The van der Waals surface area contributed by atoms with Gasteiger partial charge in [0.2, 0.25) is 5.91 Å². The number of hydrogen-bond acceptors (Lipinski definition) is 8. The second kappa shape index (κ2) is 13.1. The van der Waals surface area contributed by atoms with Crippen LogP contribution >= 0.6 is 7.60 Å². The van der Waals surface area contributed by atoms with E-state index in [1.165, 1.54) is 4.90 Å². The van der Waals surface area contributed by atoms with Crippen molar-refractivity contribution in [1.82, 2.24) is 15.1 Å². The zero-order chi connectivity index (χ0) is 26.9. The molecule has 0 radical (unpaired) electrons. The molecule has 0 aromatic heterocycles. The standard InChI is InChI=1S/C24H38N3O8P/c1-7-32-23(30)27-16-14-26(15-17-27)21(28)20(25-22(29)35-24(4,5)6)18-10-12-19(13-11-18)36(31,33-8-2)34-9-3/h10-13,20H,7-9,14-17H2,1-6H3,(H,25,29). The fourth-order valence-electron chi connectivity index (χ4n) is 3.60. The fourth-order valence-corrected chi connectivity index (χ4v) is 5.16. The van der Waals surface area contributed by atoms with Crippen LogP contribution < -0.4 is 10.6 Å². The van der Waals surface area contributed by atoms with Crippen LogP contribution in [0.1, 0.15) is 53.1 Å². The summed E-state index contributed by atoms with van der Waals surface area (Å²) >= 11 is 0. The fraction of sp³-hybridized carbons (Fsp3) is 0.625. The summed E-state index contributed by atoms with van der Waals surface area (Å²) in [6, 6.07) is 5.29. The molecule has 1 aromatic carbocycles. The number of amides is 3. The van der Waals surface area contributed by atoms with Crippen LogP contribution in [-0.2, 0) is 27.9 Å².